The molecule has 0 radical (unpaired) electrons. The smallest absolute Gasteiger partial charge is 0.416 e. The number of hydrogen-bond acceptors (Lipinski definition) is 5. The summed E-state index contributed by atoms with van der Waals surface area (Å²) in [5, 5.41) is 2.05. The van der Waals surface area contributed by atoms with Gasteiger partial charge in [-0.2, -0.15) is 13.2 Å². The van der Waals surface area contributed by atoms with E-state index < -0.39 is 11.7 Å². The van der Waals surface area contributed by atoms with E-state index in [1.807, 2.05) is 43.3 Å². The molecule has 1 N–H and O–H groups in total. The minimum Gasteiger partial charge on any atom is -0.475 e. The van der Waals surface area contributed by atoms with Crippen LogP contribution in [0.5, 0.6) is 5.88 Å². The van der Waals surface area contributed by atoms with Crippen LogP contribution >= 0.6 is 0 Å². The van der Waals surface area contributed by atoms with E-state index in [0.717, 1.165) is 29.0 Å². The Hall–Kier alpha value is -3.16. The quantitative estimate of drug-likeness (QED) is 0.776. The molecule has 30 heavy (non-hydrogen) atoms. The Bertz CT molecular complexity index is 983. The van der Waals surface area contributed by atoms with Crippen LogP contribution in [0.15, 0.2) is 60.7 Å². The largest absolute Gasteiger partial charge is 0.475 e. The molecule has 2 aliphatic heterocycles. The number of nitrogens with one attached hydrogen (secondary N) is 1. The maximum Gasteiger partial charge on any atom is 0.416 e. The molecule has 0 aliphatic carbocycles. The summed E-state index contributed by atoms with van der Waals surface area (Å²) >= 11 is 0. The number of rotatable bonds is 4. The molecule has 2 aliphatic rings. The number of benzene rings is 1. The zero-order chi connectivity index (χ0) is 21.5. The zero-order valence-electron chi connectivity index (χ0n) is 16.9. The van der Waals surface area contributed by atoms with E-state index in [9.17, 15) is 13.2 Å². The van der Waals surface area contributed by atoms with Gasteiger partial charge in [-0.15, -0.1) is 0 Å². The van der Waals surface area contributed by atoms with E-state index in [4.69, 9.17) is 4.74 Å². The van der Waals surface area contributed by atoms with E-state index in [1.54, 1.807) is 6.20 Å². The number of allylic oxidation sites excluding steroid dienone is 1. The Balaban J connectivity index is 1.64. The summed E-state index contributed by atoms with van der Waals surface area (Å²) in [5.41, 5.74) is 6.20. The van der Waals surface area contributed by atoms with E-state index in [-0.39, 0.29) is 12.1 Å². The lowest BCUT2D eigenvalue weighted by molar-refractivity contribution is -0.137. The van der Waals surface area contributed by atoms with Crippen LogP contribution < -0.4 is 15.1 Å². The molecule has 0 saturated heterocycles. The summed E-state index contributed by atoms with van der Waals surface area (Å²) in [7, 11) is 0. The first-order chi connectivity index (χ1) is 14.2. The normalized spacial score (nSPS) is 18.7. The van der Waals surface area contributed by atoms with Crippen LogP contribution in [0, 0.1) is 0 Å². The summed E-state index contributed by atoms with van der Waals surface area (Å²) in [4.78, 5) is 6.23. The van der Waals surface area contributed by atoms with Crippen LogP contribution in [0.1, 0.15) is 31.9 Å². The summed E-state index contributed by atoms with van der Waals surface area (Å²) in [5.74, 6) is 0.547. The van der Waals surface area contributed by atoms with E-state index in [2.05, 4.69) is 22.3 Å². The highest BCUT2D eigenvalue weighted by Crippen LogP contribution is 2.36. The maximum absolute atomic E-state index is 12.9. The molecule has 1 aromatic carbocycles. The fourth-order valence-electron chi connectivity index (χ4n) is 3.61. The summed E-state index contributed by atoms with van der Waals surface area (Å²) in [6.45, 7) is 6.59. The van der Waals surface area contributed by atoms with Crippen LogP contribution in [0.2, 0.25) is 0 Å². The number of pyridine rings is 1. The van der Waals surface area contributed by atoms with E-state index in [1.165, 1.54) is 12.1 Å². The fourth-order valence-corrected chi connectivity index (χ4v) is 3.61. The average molecular weight is 416 g/mol. The molecule has 158 valence electrons. The molecule has 1 atom stereocenters. The molecule has 3 heterocycles. The lowest BCUT2D eigenvalue weighted by atomic mass is 10.0. The molecule has 0 unspecified atom stereocenters. The molecular weight excluding hydrogens is 393 g/mol. The van der Waals surface area contributed by atoms with Crippen LogP contribution in [0.4, 0.5) is 18.9 Å². The summed E-state index contributed by atoms with van der Waals surface area (Å²) < 4.78 is 44.4. The standard InChI is InChI=1S/C22H23F3N4O/c1-14(2)30-21-10-16(8-9-26-21)19-11-27-29-15(3)12-28(13-20(19)29)18-6-4-17(5-7-18)22(23,24)25/h4-11,13-15,27H,12H2,1-3H3/t15-/m0/s1. The molecule has 0 spiro atoms. The van der Waals surface area contributed by atoms with Gasteiger partial charge in [0.05, 0.1) is 23.4 Å². The predicted octanol–water partition coefficient (Wildman–Crippen LogP) is 4.80. The number of hydrazine groups is 1. The number of anilines is 1. The second-order valence-electron chi connectivity index (χ2n) is 7.67. The van der Waals surface area contributed by atoms with Gasteiger partial charge in [-0.05, 0) is 56.7 Å². The molecule has 5 nitrogen and oxygen atoms in total. The molecule has 0 amide bonds. The molecule has 1 aromatic heterocycles. The van der Waals surface area contributed by atoms with Crippen molar-refractivity contribution in [3.63, 3.8) is 0 Å². The van der Waals surface area contributed by atoms with Crippen LogP contribution in [0.3, 0.4) is 0 Å². The van der Waals surface area contributed by atoms with Crippen molar-refractivity contribution in [2.75, 3.05) is 11.4 Å². The van der Waals surface area contributed by atoms with Gasteiger partial charge in [0.2, 0.25) is 5.88 Å². The van der Waals surface area contributed by atoms with Gasteiger partial charge >= 0.3 is 6.18 Å². The van der Waals surface area contributed by atoms with Gasteiger partial charge in [0.1, 0.15) is 0 Å². The number of nitrogens with zero attached hydrogens (tertiary/aromatic N) is 3. The first-order valence-electron chi connectivity index (χ1n) is 9.77. The Morgan fingerprint density at radius 3 is 2.57 bits per heavy atom. The van der Waals surface area contributed by atoms with Gasteiger partial charge in [-0.3, -0.25) is 5.01 Å². The van der Waals surface area contributed by atoms with Crippen LogP contribution in [-0.4, -0.2) is 28.7 Å². The molecule has 4 rings (SSSR count). The number of aromatic nitrogens is 1. The SMILES string of the molecule is CC(C)Oc1cc(C2=CNN3C2=CN(c2ccc(C(F)(F)F)cc2)C[C@@H]3C)ccn1. The maximum atomic E-state index is 12.9. The van der Waals surface area contributed by atoms with Crippen molar-refractivity contribution in [3.05, 3.63) is 71.8 Å². The summed E-state index contributed by atoms with van der Waals surface area (Å²) in [6, 6.07) is 9.16. The van der Waals surface area contributed by atoms with Crippen molar-refractivity contribution >= 4 is 11.3 Å². The van der Waals surface area contributed by atoms with Gasteiger partial charge in [0, 0.05) is 42.5 Å². The monoisotopic (exact) mass is 416 g/mol. The van der Waals surface area contributed by atoms with Crippen molar-refractivity contribution in [1.82, 2.24) is 15.4 Å². The van der Waals surface area contributed by atoms with Gasteiger partial charge in [0.15, 0.2) is 0 Å². The number of alkyl halides is 3. The molecule has 0 bridgehead atoms. The Morgan fingerprint density at radius 1 is 1.17 bits per heavy atom. The minimum atomic E-state index is -4.34. The van der Waals surface area contributed by atoms with Crippen molar-refractivity contribution in [2.45, 2.75) is 39.1 Å². The molecular formula is C22H23F3N4O. The van der Waals surface area contributed by atoms with E-state index in [0.29, 0.717) is 18.1 Å². The third-order valence-electron chi connectivity index (χ3n) is 4.99. The molecule has 2 aromatic rings. The highest BCUT2D eigenvalue weighted by Gasteiger charge is 2.33. The molecule has 8 heteroatoms. The van der Waals surface area contributed by atoms with Gasteiger partial charge in [-0.1, -0.05) is 0 Å². The highest BCUT2D eigenvalue weighted by atomic mass is 19.4. The van der Waals surface area contributed by atoms with Crippen molar-refractivity contribution in [3.8, 4) is 5.88 Å². The molecule has 0 fully saturated rings. The number of ether oxygens (including phenoxy) is 1. The fraction of sp³-hybridized carbons (Fsp3) is 0.318. The first kappa shape index (κ1) is 20.1. The lowest BCUT2D eigenvalue weighted by Gasteiger charge is -2.38. The van der Waals surface area contributed by atoms with Crippen molar-refractivity contribution in [1.29, 1.82) is 0 Å². The van der Waals surface area contributed by atoms with Crippen LogP contribution in [0.25, 0.3) is 5.57 Å². The Kier molecular flexibility index (Phi) is 5.09. The van der Waals surface area contributed by atoms with Crippen LogP contribution in [-0.2, 0) is 6.18 Å². The highest BCUT2D eigenvalue weighted by molar-refractivity contribution is 5.81. The zero-order valence-corrected chi connectivity index (χ0v) is 16.9. The molecule has 0 saturated carbocycles. The number of fused-ring (bicyclic) bond motifs is 1. The summed E-state index contributed by atoms with van der Waals surface area (Å²) in [6.07, 6.45) is 1.26. The topological polar surface area (TPSA) is 40.6 Å². The first-order valence-corrected chi connectivity index (χ1v) is 9.77. The predicted molar refractivity (Wildman–Crippen MR) is 109 cm³/mol. The third-order valence-corrected chi connectivity index (χ3v) is 4.99. The number of halogens is 3. The Labute approximate surface area is 173 Å². The van der Waals surface area contributed by atoms with Gasteiger partial charge in [0.25, 0.3) is 0 Å². The van der Waals surface area contributed by atoms with Gasteiger partial charge < -0.3 is 15.1 Å². The second kappa shape index (κ2) is 7.59. The van der Waals surface area contributed by atoms with Crippen molar-refractivity contribution < 1.29 is 17.9 Å². The van der Waals surface area contributed by atoms with Crippen molar-refractivity contribution in [2.24, 2.45) is 0 Å². The Morgan fingerprint density at radius 2 is 1.90 bits per heavy atom. The number of hydrogen-bond donors (Lipinski definition) is 1. The minimum absolute atomic E-state index is 0.0176. The van der Waals surface area contributed by atoms with E-state index >= 15 is 0 Å². The lowest BCUT2D eigenvalue weighted by Crippen LogP contribution is -2.47. The second-order valence-corrected chi connectivity index (χ2v) is 7.67. The van der Waals surface area contributed by atoms with Gasteiger partial charge in [-0.25, -0.2) is 4.98 Å². The third kappa shape index (κ3) is 3.94. The average Bonchev–Trinajstić information content (AvgIpc) is 3.12.